The molecule has 0 amide bonds. The molecule has 0 aromatic rings. The molecule has 1 aliphatic rings. The summed E-state index contributed by atoms with van der Waals surface area (Å²) in [6, 6.07) is 0. The van der Waals surface area contributed by atoms with Crippen molar-refractivity contribution in [3.8, 4) is 0 Å². The zero-order chi connectivity index (χ0) is 11.5. The molecule has 0 aromatic carbocycles. The van der Waals surface area contributed by atoms with Crippen LogP contribution in [0.3, 0.4) is 0 Å². The Balaban J connectivity index is 2.10. The van der Waals surface area contributed by atoms with Gasteiger partial charge in [-0.2, -0.15) is 0 Å². The smallest absolute Gasteiger partial charge is 0.0701 e. The minimum atomic E-state index is 0.639. The molecule has 1 heterocycles. The number of ether oxygens (including phenoxy) is 4. The van der Waals surface area contributed by atoms with E-state index in [0.717, 1.165) is 26.1 Å². The Morgan fingerprint density at radius 1 is 0.562 bits per heavy atom. The van der Waals surface area contributed by atoms with Crippen LogP contribution >= 0.6 is 0 Å². The van der Waals surface area contributed by atoms with Crippen LogP contribution in [0.4, 0.5) is 0 Å². The Bertz CT molecular complexity index is 136. The van der Waals surface area contributed by atoms with Crippen molar-refractivity contribution in [2.45, 2.75) is 19.8 Å². The first-order chi connectivity index (χ1) is 7.89. The lowest BCUT2D eigenvalue weighted by molar-refractivity contribution is 0.000930. The summed E-state index contributed by atoms with van der Waals surface area (Å²) in [5, 5.41) is 0. The molecule has 16 heavy (non-hydrogen) atoms. The lowest BCUT2D eigenvalue weighted by atomic mass is 10.1. The van der Waals surface area contributed by atoms with Crippen LogP contribution in [0.25, 0.3) is 0 Å². The van der Waals surface area contributed by atoms with E-state index in [0.29, 0.717) is 45.6 Å². The van der Waals surface area contributed by atoms with Crippen LogP contribution in [0.1, 0.15) is 19.8 Å². The van der Waals surface area contributed by atoms with Crippen molar-refractivity contribution in [1.29, 1.82) is 0 Å². The SMILES string of the molecule is CC1CCOCCOCCOCCOCC1. The van der Waals surface area contributed by atoms with E-state index < -0.39 is 0 Å². The van der Waals surface area contributed by atoms with Crippen molar-refractivity contribution in [2.75, 3.05) is 52.9 Å². The van der Waals surface area contributed by atoms with Gasteiger partial charge in [0.05, 0.1) is 39.6 Å². The molecule has 96 valence electrons. The maximum absolute atomic E-state index is 5.47. The normalized spacial score (nSPS) is 24.6. The summed E-state index contributed by atoms with van der Waals surface area (Å²) in [4.78, 5) is 0. The quantitative estimate of drug-likeness (QED) is 0.634. The van der Waals surface area contributed by atoms with E-state index in [1.54, 1.807) is 0 Å². The summed E-state index contributed by atoms with van der Waals surface area (Å²) in [5.41, 5.74) is 0. The Morgan fingerprint density at radius 2 is 0.875 bits per heavy atom. The van der Waals surface area contributed by atoms with Gasteiger partial charge in [0.2, 0.25) is 0 Å². The number of rotatable bonds is 0. The topological polar surface area (TPSA) is 36.9 Å². The minimum Gasteiger partial charge on any atom is -0.379 e. The molecule has 1 saturated heterocycles. The van der Waals surface area contributed by atoms with Crippen molar-refractivity contribution >= 4 is 0 Å². The van der Waals surface area contributed by atoms with E-state index in [-0.39, 0.29) is 0 Å². The molecule has 0 spiro atoms. The van der Waals surface area contributed by atoms with E-state index >= 15 is 0 Å². The van der Waals surface area contributed by atoms with Crippen LogP contribution in [0, 0.1) is 5.92 Å². The monoisotopic (exact) mass is 232 g/mol. The van der Waals surface area contributed by atoms with Crippen molar-refractivity contribution in [3.05, 3.63) is 0 Å². The highest BCUT2D eigenvalue weighted by Crippen LogP contribution is 2.07. The van der Waals surface area contributed by atoms with Crippen molar-refractivity contribution in [1.82, 2.24) is 0 Å². The van der Waals surface area contributed by atoms with Gasteiger partial charge in [0.1, 0.15) is 0 Å². The van der Waals surface area contributed by atoms with Crippen molar-refractivity contribution in [2.24, 2.45) is 5.92 Å². The van der Waals surface area contributed by atoms with Crippen LogP contribution in [0.2, 0.25) is 0 Å². The first kappa shape index (κ1) is 13.9. The van der Waals surface area contributed by atoms with Crippen LogP contribution in [0.5, 0.6) is 0 Å². The van der Waals surface area contributed by atoms with E-state index in [9.17, 15) is 0 Å². The lowest BCUT2D eigenvalue weighted by Crippen LogP contribution is -2.11. The zero-order valence-corrected chi connectivity index (χ0v) is 10.3. The molecule has 1 aliphatic heterocycles. The van der Waals surface area contributed by atoms with Crippen LogP contribution < -0.4 is 0 Å². The van der Waals surface area contributed by atoms with E-state index in [1.165, 1.54) is 0 Å². The molecule has 1 rings (SSSR count). The fraction of sp³-hybridized carbons (Fsp3) is 1.00. The number of hydrogen-bond acceptors (Lipinski definition) is 4. The molecule has 4 heteroatoms. The third-order valence-corrected chi connectivity index (χ3v) is 2.63. The van der Waals surface area contributed by atoms with Gasteiger partial charge >= 0.3 is 0 Å². The summed E-state index contributed by atoms with van der Waals surface area (Å²) in [7, 11) is 0. The molecule has 0 unspecified atom stereocenters. The third kappa shape index (κ3) is 8.05. The molecule has 0 radical (unpaired) electrons. The Labute approximate surface area is 98.2 Å². The fourth-order valence-electron chi connectivity index (χ4n) is 1.48. The van der Waals surface area contributed by atoms with E-state index in [2.05, 4.69) is 6.92 Å². The average molecular weight is 232 g/mol. The van der Waals surface area contributed by atoms with Gasteiger partial charge in [0.25, 0.3) is 0 Å². The summed E-state index contributed by atoms with van der Waals surface area (Å²) in [6.45, 7) is 7.84. The zero-order valence-electron chi connectivity index (χ0n) is 10.3. The molecule has 0 atom stereocenters. The lowest BCUT2D eigenvalue weighted by Gasteiger charge is -2.11. The molecule has 0 aliphatic carbocycles. The van der Waals surface area contributed by atoms with E-state index in [1.807, 2.05) is 0 Å². The predicted octanol–water partition coefficient (Wildman–Crippen LogP) is 1.48. The summed E-state index contributed by atoms with van der Waals surface area (Å²) in [5.74, 6) is 0.659. The molecule has 4 nitrogen and oxygen atoms in total. The predicted molar refractivity (Wildman–Crippen MR) is 61.7 cm³/mol. The molecule has 0 aromatic heterocycles. The van der Waals surface area contributed by atoms with Crippen LogP contribution in [-0.4, -0.2) is 52.9 Å². The second kappa shape index (κ2) is 10.0. The summed E-state index contributed by atoms with van der Waals surface area (Å²) >= 11 is 0. The third-order valence-electron chi connectivity index (χ3n) is 2.63. The Kier molecular flexibility index (Phi) is 8.71. The Morgan fingerprint density at radius 3 is 1.25 bits per heavy atom. The fourth-order valence-corrected chi connectivity index (χ4v) is 1.48. The highest BCUT2D eigenvalue weighted by Gasteiger charge is 2.02. The maximum atomic E-state index is 5.47. The first-order valence-corrected chi connectivity index (χ1v) is 6.20. The maximum Gasteiger partial charge on any atom is 0.0701 e. The molecule has 0 bridgehead atoms. The summed E-state index contributed by atoms with van der Waals surface area (Å²) in [6.07, 6.45) is 2.19. The van der Waals surface area contributed by atoms with Gasteiger partial charge in [0.15, 0.2) is 0 Å². The largest absolute Gasteiger partial charge is 0.379 e. The van der Waals surface area contributed by atoms with Crippen molar-refractivity contribution in [3.63, 3.8) is 0 Å². The van der Waals surface area contributed by atoms with Gasteiger partial charge < -0.3 is 18.9 Å². The number of hydrogen-bond donors (Lipinski definition) is 0. The Hall–Kier alpha value is -0.160. The van der Waals surface area contributed by atoms with Crippen LogP contribution in [0.15, 0.2) is 0 Å². The van der Waals surface area contributed by atoms with Gasteiger partial charge in [-0.05, 0) is 18.8 Å². The standard InChI is InChI=1S/C12H24O4/c1-12-2-4-13-6-8-15-10-11-16-9-7-14-5-3-12/h12H,2-11H2,1H3. The molecule has 1 fully saturated rings. The second-order valence-corrected chi connectivity index (χ2v) is 4.13. The van der Waals surface area contributed by atoms with Gasteiger partial charge in [-0.1, -0.05) is 6.92 Å². The van der Waals surface area contributed by atoms with Crippen molar-refractivity contribution < 1.29 is 18.9 Å². The van der Waals surface area contributed by atoms with Gasteiger partial charge in [-0.25, -0.2) is 0 Å². The van der Waals surface area contributed by atoms with Gasteiger partial charge in [0, 0.05) is 13.2 Å². The molecule has 0 saturated carbocycles. The molecular formula is C12H24O4. The van der Waals surface area contributed by atoms with Gasteiger partial charge in [-0.3, -0.25) is 0 Å². The molecular weight excluding hydrogens is 208 g/mol. The highest BCUT2D eigenvalue weighted by molar-refractivity contribution is 4.52. The average Bonchev–Trinajstić information content (AvgIpc) is 2.29. The minimum absolute atomic E-state index is 0.639. The van der Waals surface area contributed by atoms with Crippen LogP contribution in [-0.2, 0) is 18.9 Å². The first-order valence-electron chi connectivity index (χ1n) is 6.20. The van der Waals surface area contributed by atoms with Gasteiger partial charge in [-0.15, -0.1) is 0 Å². The highest BCUT2D eigenvalue weighted by atomic mass is 16.6. The second-order valence-electron chi connectivity index (χ2n) is 4.13. The summed E-state index contributed by atoms with van der Waals surface area (Å²) < 4.78 is 21.6. The van der Waals surface area contributed by atoms with E-state index in [4.69, 9.17) is 18.9 Å². The molecule has 0 N–H and O–H groups in total.